The van der Waals surface area contributed by atoms with E-state index in [1.807, 2.05) is 0 Å². The average molecular weight is 277 g/mol. The Balaban J connectivity index is 2.29. The lowest BCUT2D eigenvalue weighted by Crippen LogP contribution is -2.33. The minimum atomic E-state index is -0.913. The van der Waals surface area contributed by atoms with Gasteiger partial charge in [-0.2, -0.15) is 5.26 Å². The third-order valence-corrected chi connectivity index (χ3v) is 3.89. The van der Waals surface area contributed by atoms with Gasteiger partial charge in [0.1, 0.15) is 5.83 Å². The molecule has 0 aromatic heterocycles. The fourth-order valence-electron chi connectivity index (χ4n) is 2.83. The maximum absolute atomic E-state index is 14.0. The van der Waals surface area contributed by atoms with Crippen molar-refractivity contribution in [3.63, 3.8) is 0 Å². The van der Waals surface area contributed by atoms with Crippen LogP contribution in [0, 0.1) is 29.1 Å². The van der Waals surface area contributed by atoms with Crippen LogP contribution in [0.2, 0.25) is 0 Å². The van der Waals surface area contributed by atoms with Crippen LogP contribution in [-0.4, -0.2) is 24.3 Å². The molecule has 1 N–H and O–H groups in total. The van der Waals surface area contributed by atoms with Gasteiger partial charge < -0.3 is 9.84 Å². The van der Waals surface area contributed by atoms with E-state index in [2.05, 4.69) is 6.07 Å². The summed E-state index contributed by atoms with van der Waals surface area (Å²) in [5, 5.41) is 18.3. The van der Waals surface area contributed by atoms with Crippen molar-refractivity contribution < 1.29 is 19.0 Å². The van der Waals surface area contributed by atoms with E-state index in [0.29, 0.717) is 12.8 Å². The lowest BCUT2D eigenvalue weighted by Gasteiger charge is -2.31. The van der Waals surface area contributed by atoms with Crippen molar-refractivity contribution in [2.75, 3.05) is 7.11 Å². The van der Waals surface area contributed by atoms with Gasteiger partial charge in [0.2, 0.25) is 0 Å². The minimum absolute atomic E-state index is 0.353. The SMILES string of the molecule is COC1C=C(C2C(F)=CC=CC2C#N)CCC1C(=O)O. The molecule has 0 aliphatic heterocycles. The summed E-state index contributed by atoms with van der Waals surface area (Å²) >= 11 is 0. The second kappa shape index (κ2) is 6.02. The van der Waals surface area contributed by atoms with E-state index in [0.717, 1.165) is 5.57 Å². The molecule has 0 heterocycles. The summed E-state index contributed by atoms with van der Waals surface area (Å²) in [7, 11) is 1.44. The first-order valence-corrected chi connectivity index (χ1v) is 6.48. The second-order valence-electron chi connectivity index (χ2n) is 4.99. The van der Waals surface area contributed by atoms with Gasteiger partial charge in [0.05, 0.1) is 29.9 Å². The van der Waals surface area contributed by atoms with E-state index in [1.165, 1.54) is 19.3 Å². The first-order valence-electron chi connectivity index (χ1n) is 6.48. The molecule has 4 nitrogen and oxygen atoms in total. The molecule has 20 heavy (non-hydrogen) atoms. The first-order chi connectivity index (χ1) is 9.58. The van der Waals surface area contributed by atoms with Crippen molar-refractivity contribution in [3.8, 4) is 6.07 Å². The fraction of sp³-hybridized carbons (Fsp3) is 0.467. The number of ether oxygens (including phenoxy) is 1. The van der Waals surface area contributed by atoms with Gasteiger partial charge in [-0.05, 0) is 18.9 Å². The van der Waals surface area contributed by atoms with Crippen LogP contribution >= 0.6 is 0 Å². The molecule has 0 aromatic carbocycles. The zero-order chi connectivity index (χ0) is 14.7. The number of methoxy groups -OCH3 is 1. The highest BCUT2D eigenvalue weighted by Gasteiger charge is 2.36. The topological polar surface area (TPSA) is 70.3 Å². The number of carbonyl (C=O) groups is 1. The quantitative estimate of drug-likeness (QED) is 0.805. The number of carboxylic acids is 1. The van der Waals surface area contributed by atoms with Crippen LogP contribution in [0.15, 0.2) is 35.7 Å². The molecule has 4 unspecified atom stereocenters. The molecule has 0 spiro atoms. The van der Waals surface area contributed by atoms with E-state index < -0.39 is 29.8 Å². The monoisotopic (exact) mass is 277 g/mol. The number of allylic oxidation sites excluding steroid dienone is 5. The molecular formula is C15H16FNO3. The summed E-state index contributed by atoms with van der Waals surface area (Å²) in [5.74, 6) is -3.05. The Kier molecular flexibility index (Phi) is 4.35. The van der Waals surface area contributed by atoms with E-state index >= 15 is 0 Å². The number of nitriles is 1. The zero-order valence-corrected chi connectivity index (χ0v) is 11.1. The molecule has 0 aromatic rings. The van der Waals surface area contributed by atoms with Crippen molar-refractivity contribution in [1.29, 1.82) is 5.26 Å². The molecule has 2 aliphatic rings. The smallest absolute Gasteiger partial charge is 0.309 e. The Labute approximate surface area is 116 Å². The Morgan fingerprint density at radius 3 is 2.95 bits per heavy atom. The van der Waals surface area contributed by atoms with Crippen molar-refractivity contribution in [3.05, 3.63) is 35.7 Å². The van der Waals surface area contributed by atoms with Gasteiger partial charge in [-0.15, -0.1) is 0 Å². The molecule has 2 rings (SSSR count). The minimum Gasteiger partial charge on any atom is -0.481 e. The van der Waals surface area contributed by atoms with Gasteiger partial charge in [-0.25, -0.2) is 4.39 Å². The van der Waals surface area contributed by atoms with Gasteiger partial charge in [0.25, 0.3) is 0 Å². The highest BCUT2D eigenvalue weighted by Crippen LogP contribution is 2.39. The number of hydrogen-bond acceptors (Lipinski definition) is 3. The number of hydrogen-bond donors (Lipinski definition) is 1. The number of carboxylic acid groups (broad SMARTS) is 1. The van der Waals surface area contributed by atoms with Crippen molar-refractivity contribution in [2.24, 2.45) is 17.8 Å². The van der Waals surface area contributed by atoms with E-state index in [9.17, 15) is 9.18 Å². The van der Waals surface area contributed by atoms with Crippen molar-refractivity contribution in [1.82, 2.24) is 0 Å². The summed E-state index contributed by atoms with van der Waals surface area (Å²) in [6.07, 6.45) is 6.51. The molecule has 0 amide bonds. The van der Waals surface area contributed by atoms with Gasteiger partial charge in [0, 0.05) is 7.11 Å². The summed E-state index contributed by atoms with van der Waals surface area (Å²) in [6, 6.07) is 2.08. The zero-order valence-electron chi connectivity index (χ0n) is 11.1. The van der Waals surface area contributed by atoms with Crippen LogP contribution < -0.4 is 0 Å². The third-order valence-electron chi connectivity index (χ3n) is 3.89. The van der Waals surface area contributed by atoms with Crippen LogP contribution in [0.1, 0.15) is 12.8 Å². The molecule has 0 saturated heterocycles. The van der Waals surface area contributed by atoms with E-state index in [1.54, 1.807) is 12.2 Å². The molecule has 0 bridgehead atoms. The van der Waals surface area contributed by atoms with Crippen LogP contribution in [0.3, 0.4) is 0 Å². The van der Waals surface area contributed by atoms with Gasteiger partial charge in [-0.3, -0.25) is 4.79 Å². The predicted octanol–water partition coefficient (Wildman–Crippen LogP) is 2.60. The normalized spacial score (nSPS) is 33.0. The molecule has 5 heteroatoms. The van der Waals surface area contributed by atoms with Crippen LogP contribution in [0.5, 0.6) is 0 Å². The van der Waals surface area contributed by atoms with Crippen molar-refractivity contribution >= 4 is 5.97 Å². The van der Waals surface area contributed by atoms with E-state index in [4.69, 9.17) is 15.1 Å². The standard InChI is InChI=1S/C15H16FNO3/c1-20-13-7-9(5-6-11(13)15(18)19)14-10(8-17)3-2-4-12(14)16/h2-4,7,10-11,13-14H,5-6H2,1H3,(H,18,19). The molecule has 2 aliphatic carbocycles. The molecular weight excluding hydrogens is 261 g/mol. The second-order valence-corrected chi connectivity index (χ2v) is 4.99. The summed E-state index contributed by atoms with van der Waals surface area (Å²) in [4.78, 5) is 11.1. The average Bonchev–Trinajstić information content (AvgIpc) is 2.46. The van der Waals surface area contributed by atoms with Gasteiger partial charge >= 0.3 is 5.97 Å². The third kappa shape index (κ3) is 2.66. The summed E-state index contributed by atoms with van der Waals surface area (Å²) in [5.41, 5.74) is 0.749. The first kappa shape index (κ1) is 14.5. The number of nitrogens with zero attached hydrogens (tertiary/aromatic N) is 1. The Morgan fingerprint density at radius 2 is 2.35 bits per heavy atom. The van der Waals surface area contributed by atoms with Crippen LogP contribution in [0.25, 0.3) is 0 Å². The molecule has 106 valence electrons. The Bertz CT molecular complexity index is 530. The Hall–Kier alpha value is -1.93. The lowest BCUT2D eigenvalue weighted by atomic mass is 9.75. The number of rotatable bonds is 3. The Morgan fingerprint density at radius 1 is 1.60 bits per heavy atom. The van der Waals surface area contributed by atoms with Crippen LogP contribution in [0.4, 0.5) is 4.39 Å². The largest absolute Gasteiger partial charge is 0.481 e. The summed E-state index contributed by atoms with van der Waals surface area (Å²) in [6.45, 7) is 0. The lowest BCUT2D eigenvalue weighted by molar-refractivity contribution is -0.146. The molecule has 0 radical (unpaired) electrons. The van der Waals surface area contributed by atoms with Crippen molar-refractivity contribution in [2.45, 2.75) is 18.9 Å². The number of aliphatic carboxylic acids is 1. The fourth-order valence-corrected chi connectivity index (χ4v) is 2.83. The predicted molar refractivity (Wildman–Crippen MR) is 70.2 cm³/mol. The summed E-state index contributed by atoms with van der Waals surface area (Å²) < 4.78 is 19.2. The molecule has 0 fully saturated rings. The maximum atomic E-state index is 14.0. The number of halogens is 1. The molecule has 4 atom stereocenters. The highest BCUT2D eigenvalue weighted by molar-refractivity contribution is 5.71. The van der Waals surface area contributed by atoms with Crippen LogP contribution in [-0.2, 0) is 9.53 Å². The maximum Gasteiger partial charge on any atom is 0.309 e. The van der Waals surface area contributed by atoms with Gasteiger partial charge in [-0.1, -0.05) is 23.8 Å². The van der Waals surface area contributed by atoms with Gasteiger partial charge in [0.15, 0.2) is 0 Å². The molecule has 0 saturated carbocycles. The highest BCUT2D eigenvalue weighted by atomic mass is 19.1. The van der Waals surface area contributed by atoms with E-state index in [-0.39, 0.29) is 5.83 Å².